The van der Waals surface area contributed by atoms with Crippen LogP contribution < -0.4 is 10.6 Å². The molecule has 7 heteroatoms. The third-order valence-electron chi connectivity index (χ3n) is 5.01. The molecule has 0 spiro atoms. The molecule has 0 saturated carbocycles. The molecular weight excluding hydrogens is 374 g/mol. The molecular formula is C23H23N7. The lowest BCUT2D eigenvalue weighted by Crippen LogP contribution is -2.21. The molecule has 0 unspecified atom stereocenters. The van der Waals surface area contributed by atoms with Crippen molar-refractivity contribution >= 4 is 33.3 Å². The highest BCUT2D eigenvalue weighted by Gasteiger charge is 2.08. The summed E-state index contributed by atoms with van der Waals surface area (Å²) in [6.45, 7) is 5.11. The molecule has 0 saturated heterocycles. The van der Waals surface area contributed by atoms with E-state index in [9.17, 15) is 0 Å². The number of aromatic nitrogens is 5. The molecule has 0 aliphatic rings. The fourth-order valence-corrected chi connectivity index (χ4v) is 3.47. The Bertz CT molecular complexity index is 1320. The topological polar surface area (TPSA) is 94.3 Å². The molecule has 30 heavy (non-hydrogen) atoms. The minimum atomic E-state index is 0.449. The zero-order valence-corrected chi connectivity index (χ0v) is 16.9. The zero-order chi connectivity index (χ0) is 20.5. The second kappa shape index (κ2) is 7.61. The molecule has 7 nitrogen and oxygen atoms in total. The molecule has 2 aromatic carbocycles. The number of H-pyrrole nitrogens is 2. The van der Waals surface area contributed by atoms with Crippen LogP contribution in [0.1, 0.15) is 19.5 Å². The van der Waals surface area contributed by atoms with Gasteiger partial charge in [-0.15, -0.1) is 0 Å². The first-order valence-electron chi connectivity index (χ1n) is 10.0. The van der Waals surface area contributed by atoms with Gasteiger partial charge in [-0.2, -0.15) is 5.10 Å². The van der Waals surface area contributed by atoms with Crippen molar-refractivity contribution in [3.05, 3.63) is 66.6 Å². The van der Waals surface area contributed by atoms with Crippen LogP contribution >= 0.6 is 0 Å². The number of nitrogens with zero attached hydrogens (tertiary/aromatic N) is 3. The average Bonchev–Trinajstić information content (AvgIpc) is 3.38. The van der Waals surface area contributed by atoms with Crippen LogP contribution in [-0.2, 0) is 6.54 Å². The lowest BCUT2D eigenvalue weighted by molar-refractivity contribution is 0.583. The van der Waals surface area contributed by atoms with Gasteiger partial charge >= 0.3 is 0 Å². The van der Waals surface area contributed by atoms with Gasteiger partial charge in [0.15, 0.2) is 5.82 Å². The first-order chi connectivity index (χ1) is 14.6. The van der Waals surface area contributed by atoms with Crippen molar-refractivity contribution in [3.8, 4) is 11.4 Å². The van der Waals surface area contributed by atoms with Crippen molar-refractivity contribution in [2.45, 2.75) is 26.4 Å². The van der Waals surface area contributed by atoms with Crippen molar-refractivity contribution in [2.24, 2.45) is 0 Å². The van der Waals surface area contributed by atoms with Gasteiger partial charge in [0.05, 0.1) is 11.7 Å². The van der Waals surface area contributed by atoms with E-state index in [2.05, 4.69) is 68.9 Å². The summed E-state index contributed by atoms with van der Waals surface area (Å²) in [4.78, 5) is 12.7. The largest absolute Gasteiger partial charge is 0.357 e. The lowest BCUT2D eigenvalue weighted by Gasteiger charge is -2.07. The van der Waals surface area contributed by atoms with E-state index in [-0.39, 0.29) is 0 Å². The molecule has 3 aromatic heterocycles. The van der Waals surface area contributed by atoms with Crippen molar-refractivity contribution in [1.82, 2.24) is 30.5 Å². The number of rotatable bonds is 6. The maximum absolute atomic E-state index is 4.71. The minimum absolute atomic E-state index is 0.449. The smallest absolute Gasteiger partial charge is 0.161 e. The van der Waals surface area contributed by atoms with Crippen LogP contribution in [0.2, 0.25) is 0 Å². The Balaban J connectivity index is 1.40. The van der Waals surface area contributed by atoms with E-state index in [4.69, 9.17) is 4.98 Å². The van der Waals surface area contributed by atoms with Crippen LogP contribution in [-0.4, -0.2) is 31.2 Å². The molecule has 0 aliphatic carbocycles. The number of anilines is 2. The quantitative estimate of drug-likeness (QED) is 0.332. The van der Waals surface area contributed by atoms with Gasteiger partial charge in [0.2, 0.25) is 0 Å². The predicted molar refractivity (Wildman–Crippen MR) is 121 cm³/mol. The molecule has 0 aliphatic heterocycles. The summed E-state index contributed by atoms with van der Waals surface area (Å²) in [5.74, 6) is 1.43. The SMILES string of the molecule is CC(C)NCc1cc2ccc(-c3nccc(Nc4ccc5[nH]ncc5c4)n3)cc2[nH]1. The molecule has 4 N–H and O–H groups in total. The summed E-state index contributed by atoms with van der Waals surface area (Å²) in [5.41, 5.74) is 5.19. The van der Waals surface area contributed by atoms with E-state index in [1.807, 2.05) is 30.5 Å². The number of fused-ring (bicyclic) bond motifs is 2. The summed E-state index contributed by atoms with van der Waals surface area (Å²) in [5, 5.41) is 16.1. The summed E-state index contributed by atoms with van der Waals surface area (Å²) in [6, 6.07) is 16.8. The van der Waals surface area contributed by atoms with Gasteiger partial charge < -0.3 is 15.6 Å². The molecule has 0 atom stereocenters. The van der Waals surface area contributed by atoms with Crippen LogP contribution in [0.4, 0.5) is 11.5 Å². The van der Waals surface area contributed by atoms with Gasteiger partial charge in [0.1, 0.15) is 5.82 Å². The van der Waals surface area contributed by atoms with Gasteiger partial charge in [-0.1, -0.05) is 26.0 Å². The van der Waals surface area contributed by atoms with E-state index >= 15 is 0 Å². The van der Waals surface area contributed by atoms with Crippen molar-refractivity contribution in [1.29, 1.82) is 0 Å². The Morgan fingerprint density at radius 1 is 0.967 bits per heavy atom. The molecule has 0 radical (unpaired) electrons. The Morgan fingerprint density at radius 3 is 2.80 bits per heavy atom. The summed E-state index contributed by atoms with van der Waals surface area (Å²) < 4.78 is 0. The van der Waals surface area contributed by atoms with E-state index < -0.39 is 0 Å². The van der Waals surface area contributed by atoms with Crippen LogP contribution in [0, 0.1) is 0 Å². The summed E-state index contributed by atoms with van der Waals surface area (Å²) in [7, 11) is 0. The summed E-state index contributed by atoms with van der Waals surface area (Å²) >= 11 is 0. The van der Waals surface area contributed by atoms with Gasteiger partial charge in [-0.25, -0.2) is 9.97 Å². The second-order valence-electron chi connectivity index (χ2n) is 7.69. The van der Waals surface area contributed by atoms with Crippen LogP contribution in [0.3, 0.4) is 0 Å². The van der Waals surface area contributed by atoms with E-state index in [1.165, 1.54) is 11.1 Å². The number of aromatic amines is 2. The second-order valence-corrected chi connectivity index (χ2v) is 7.69. The van der Waals surface area contributed by atoms with E-state index in [0.29, 0.717) is 11.9 Å². The normalized spacial score (nSPS) is 11.6. The van der Waals surface area contributed by atoms with Crippen molar-refractivity contribution in [3.63, 3.8) is 0 Å². The molecule has 0 bridgehead atoms. The van der Waals surface area contributed by atoms with Crippen molar-refractivity contribution < 1.29 is 0 Å². The first kappa shape index (κ1) is 18.3. The van der Waals surface area contributed by atoms with Gasteiger partial charge in [0.25, 0.3) is 0 Å². The summed E-state index contributed by atoms with van der Waals surface area (Å²) in [6.07, 6.45) is 3.58. The molecule has 150 valence electrons. The van der Waals surface area contributed by atoms with Crippen molar-refractivity contribution in [2.75, 3.05) is 5.32 Å². The average molecular weight is 397 g/mol. The highest BCUT2D eigenvalue weighted by atomic mass is 15.1. The fraction of sp³-hybridized carbons (Fsp3) is 0.174. The lowest BCUT2D eigenvalue weighted by atomic mass is 10.1. The standard InChI is InChI=1S/C23H23N7/c1-14(2)25-13-19-9-15-3-4-16(11-21(15)27-19)23-24-8-7-22(29-23)28-18-5-6-20-17(10-18)12-26-30-20/h3-12,14,25,27H,13H2,1-2H3,(H,26,30)(H,24,28,29). The highest BCUT2D eigenvalue weighted by molar-refractivity contribution is 5.85. The van der Waals surface area contributed by atoms with Crippen LogP contribution in [0.15, 0.2) is 60.9 Å². The van der Waals surface area contributed by atoms with E-state index in [1.54, 1.807) is 6.20 Å². The number of hydrogen-bond acceptors (Lipinski definition) is 5. The van der Waals surface area contributed by atoms with Gasteiger partial charge in [0, 0.05) is 46.6 Å². The Kier molecular flexibility index (Phi) is 4.65. The van der Waals surface area contributed by atoms with Gasteiger partial charge in [-0.05, 0) is 41.8 Å². The van der Waals surface area contributed by atoms with E-state index in [0.717, 1.165) is 40.0 Å². The highest BCUT2D eigenvalue weighted by Crippen LogP contribution is 2.25. The monoisotopic (exact) mass is 397 g/mol. The third-order valence-corrected chi connectivity index (χ3v) is 5.01. The predicted octanol–water partition coefficient (Wildman–Crippen LogP) is 4.74. The maximum atomic E-state index is 4.71. The van der Waals surface area contributed by atoms with Gasteiger partial charge in [-0.3, -0.25) is 5.10 Å². The maximum Gasteiger partial charge on any atom is 0.161 e. The molecule has 0 amide bonds. The fourth-order valence-electron chi connectivity index (χ4n) is 3.47. The Hall–Kier alpha value is -3.71. The number of benzene rings is 2. The molecule has 5 rings (SSSR count). The molecule has 5 aromatic rings. The Labute approximate surface area is 174 Å². The Morgan fingerprint density at radius 2 is 1.90 bits per heavy atom. The number of nitrogens with one attached hydrogen (secondary N) is 4. The van der Waals surface area contributed by atoms with Crippen LogP contribution in [0.5, 0.6) is 0 Å². The zero-order valence-electron chi connectivity index (χ0n) is 16.9. The number of hydrogen-bond donors (Lipinski definition) is 4. The molecule has 3 heterocycles. The minimum Gasteiger partial charge on any atom is -0.357 e. The molecule has 0 fully saturated rings. The first-order valence-corrected chi connectivity index (χ1v) is 10.0. The van der Waals surface area contributed by atoms with Crippen LogP contribution in [0.25, 0.3) is 33.2 Å². The third kappa shape index (κ3) is 3.75.